The summed E-state index contributed by atoms with van der Waals surface area (Å²) in [5, 5.41) is 4.73. The van der Waals surface area contributed by atoms with Crippen LogP contribution >= 0.6 is 0 Å². The molecule has 13 rings (SSSR count). The third-order valence-corrected chi connectivity index (χ3v) is 14.3. The Labute approximate surface area is 373 Å². The quantitative estimate of drug-likeness (QED) is 0.159. The first kappa shape index (κ1) is 36.7. The van der Waals surface area contributed by atoms with E-state index in [-0.39, 0.29) is 5.41 Å². The monoisotopic (exact) mass is 817 g/mol. The number of para-hydroxylation sites is 1. The average Bonchev–Trinajstić information content (AvgIpc) is 3.96. The molecule has 64 heavy (non-hydrogen) atoms. The van der Waals surface area contributed by atoms with E-state index in [1.54, 1.807) is 0 Å². The lowest BCUT2D eigenvalue weighted by molar-refractivity contribution is 0.652. The van der Waals surface area contributed by atoms with Gasteiger partial charge in [0.25, 0.3) is 0 Å². The molecule has 0 radical (unpaired) electrons. The van der Waals surface area contributed by atoms with E-state index in [4.69, 9.17) is 4.42 Å². The molecule has 2 aliphatic carbocycles. The van der Waals surface area contributed by atoms with Crippen LogP contribution in [0, 0.1) is 0 Å². The summed E-state index contributed by atoms with van der Waals surface area (Å²) < 4.78 is 6.44. The van der Waals surface area contributed by atoms with Gasteiger partial charge in [-0.2, -0.15) is 0 Å². The molecule has 10 aromatic carbocycles. The second-order valence-corrected chi connectivity index (χ2v) is 18.0. The van der Waals surface area contributed by atoms with Gasteiger partial charge in [-0.25, -0.2) is 0 Å². The van der Waals surface area contributed by atoms with E-state index in [0.717, 1.165) is 39.0 Å². The first-order valence-corrected chi connectivity index (χ1v) is 22.3. The van der Waals surface area contributed by atoms with Crippen molar-refractivity contribution >= 4 is 49.8 Å². The first-order chi connectivity index (χ1) is 31.5. The topological polar surface area (TPSA) is 16.4 Å². The third kappa shape index (κ3) is 5.20. The molecule has 0 saturated carbocycles. The SMILES string of the molecule is CC1(C)c2cccc3c2-c2c1cccc2C3(c1ccccc1)c1cccc(-c2ccc(N(c3ccc(-c4cccc5ccccc45)cc3)c3ccc4c(c3)oc3ccccc34)cc2)c1. The minimum Gasteiger partial charge on any atom is -0.456 e. The zero-order valence-corrected chi connectivity index (χ0v) is 35.7. The van der Waals surface area contributed by atoms with Crippen LogP contribution in [0.4, 0.5) is 17.1 Å². The molecule has 1 heterocycles. The van der Waals surface area contributed by atoms with Gasteiger partial charge in [-0.05, 0) is 126 Å². The Hall–Kier alpha value is -7.94. The van der Waals surface area contributed by atoms with E-state index >= 15 is 0 Å². The van der Waals surface area contributed by atoms with Gasteiger partial charge in [0.1, 0.15) is 11.2 Å². The van der Waals surface area contributed by atoms with Crippen molar-refractivity contribution in [1.29, 1.82) is 0 Å². The van der Waals surface area contributed by atoms with E-state index in [2.05, 4.69) is 231 Å². The van der Waals surface area contributed by atoms with Gasteiger partial charge < -0.3 is 9.32 Å². The van der Waals surface area contributed by atoms with Crippen LogP contribution in [-0.2, 0) is 10.8 Å². The molecule has 1 aromatic heterocycles. The fraction of sp³-hybridized carbons (Fsp3) is 0.0645. The molecule has 302 valence electrons. The van der Waals surface area contributed by atoms with Gasteiger partial charge in [-0.15, -0.1) is 0 Å². The van der Waals surface area contributed by atoms with Crippen LogP contribution in [0.25, 0.3) is 66.1 Å². The minimum absolute atomic E-state index is 0.0480. The summed E-state index contributed by atoms with van der Waals surface area (Å²) in [5.41, 5.74) is 20.2. The number of furan rings is 1. The predicted octanol–water partition coefficient (Wildman–Crippen LogP) is 16.5. The zero-order chi connectivity index (χ0) is 42.6. The Bertz CT molecular complexity index is 3570. The maximum atomic E-state index is 6.44. The molecule has 0 bridgehead atoms. The van der Waals surface area contributed by atoms with E-state index in [9.17, 15) is 0 Å². The fourth-order valence-electron chi connectivity index (χ4n) is 11.4. The molecule has 0 fully saturated rings. The van der Waals surface area contributed by atoms with Gasteiger partial charge in [0, 0.05) is 39.3 Å². The van der Waals surface area contributed by atoms with E-state index < -0.39 is 5.41 Å². The highest BCUT2D eigenvalue weighted by Crippen LogP contribution is 2.64. The summed E-state index contributed by atoms with van der Waals surface area (Å²) in [5.74, 6) is 0. The van der Waals surface area contributed by atoms with Crippen LogP contribution in [0.3, 0.4) is 0 Å². The smallest absolute Gasteiger partial charge is 0.137 e. The second kappa shape index (κ2) is 13.8. The molecule has 0 spiro atoms. The largest absolute Gasteiger partial charge is 0.456 e. The average molecular weight is 818 g/mol. The van der Waals surface area contributed by atoms with Crippen LogP contribution in [0.5, 0.6) is 0 Å². The van der Waals surface area contributed by atoms with E-state index in [1.165, 1.54) is 77.5 Å². The van der Waals surface area contributed by atoms with Crippen LogP contribution in [0.2, 0.25) is 0 Å². The molecule has 0 unspecified atom stereocenters. The van der Waals surface area contributed by atoms with Crippen LogP contribution < -0.4 is 4.90 Å². The highest BCUT2D eigenvalue weighted by molar-refractivity contribution is 6.06. The summed E-state index contributed by atoms with van der Waals surface area (Å²) >= 11 is 0. The van der Waals surface area contributed by atoms with Crippen LogP contribution in [0.15, 0.2) is 229 Å². The number of anilines is 3. The Morgan fingerprint density at radius 3 is 1.64 bits per heavy atom. The Morgan fingerprint density at radius 1 is 0.359 bits per heavy atom. The van der Waals surface area contributed by atoms with E-state index in [1.807, 2.05) is 12.1 Å². The summed E-state index contributed by atoms with van der Waals surface area (Å²) in [4.78, 5) is 2.34. The number of rotatable bonds is 7. The van der Waals surface area contributed by atoms with Gasteiger partial charge in [0.05, 0.1) is 5.41 Å². The van der Waals surface area contributed by atoms with Crippen molar-refractivity contribution in [2.24, 2.45) is 0 Å². The number of fused-ring (bicyclic) bond motifs is 4. The lowest BCUT2D eigenvalue weighted by Crippen LogP contribution is -2.30. The van der Waals surface area contributed by atoms with Crippen molar-refractivity contribution < 1.29 is 4.42 Å². The number of hydrogen-bond acceptors (Lipinski definition) is 2. The molecular formula is C62H43NO. The number of benzene rings is 10. The highest BCUT2D eigenvalue weighted by atomic mass is 16.3. The standard InChI is InChI=1S/C62H43NO/c1-61(2)53-23-12-25-55-59(53)60-54(61)24-13-26-56(60)62(55,44-17-4-3-5-18-44)45-19-10-16-43(38-45)40-28-32-46(33-29-40)63(48-36-37-52-51-21-8-9-27-57(51)64-58(52)39-48)47-34-30-42(31-35-47)50-22-11-15-41-14-6-7-20-49(41)50/h3-39H,1-2H3. The van der Waals surface area contributed by atoms with E-state index in [0.29, 0.717) is 0 Å². The molecule has 2 nitrogen and oxygen atoms in total. The summed E-state index contributed by atoms with van der Waals surface area (Å²) in [6, 6.07) is 82.5. The van der Waals surface area contributed by atoms with Gasteiger partial charge in [-0.3, -0.25) is 0 Å². The third-order valence-electron chi connectivity index (χ3n) is 14.3. The Morgan fingerprint density at radius 2 is 0.906 bits per heavy atom. The highest BCUT2D eigenvalue weighted by Gasteiger charge is 2.52. The molecule has 0 aliphatic heterocycles. The molecule has 0 atom stereocenters. The molecule has 2 heteroatoms. The molecule has 0 amide bonds. The van der Waals surface area contributed by atoms with Crippen molar-refractivity contribution in [1.82, 2.24) is 0 Å². The summed E-state index contributed by atoms with van der Waals surface area (Å²) in [7, 11) is 0. The van der Waals surface area contributed by atoms with Crippen molar-refractivity contribution in [3.8, 4) is 33.4 Å². The van der Waals surface area contributed by atoms with Crippen LogP contribution in [0.1, 0.15) is 47.2 Å². The van der Waals surface area contributed by atoms with Crippen molar-refractivity contribution in [3.63, 3.8) is 0 Å². The fourth-order valence-corrected chi connectivity index (χ4v) is 11.4. The normalized spacial score (nSPS) is 14.0. The first-order valence-electron chi connectivity index (χ1n) is 22.3. The molecule has 11 aromatic rings. The van der Waals surface area contributed by atoms with Gasteiger partial charge in [0.15, 0.2) is 0 Å². The maximum Gasteiger partial charge on any atom is 0.137 e. The van der Waals surface area contributed by atoms with Crippen LogP contribution in [-0.4, -0.2) is 0 Å². The molecule has 2 aliphatic rings. The zero-order valence-electron chi connectivity index (χ0n) is 35.7. The van der Waals surface area contributed by atoms with Crippen molar-refractivity contribution in [3.05, 3.63) is 258 Å². The van der Waals surface area contributed by atoms with Crippen molar-refractivity contribution in [2.45, 2.75) is 24.7 Å². The van der Waals surface area contributed by atoms with Gasteiger partial charge in [-0.1, -0.05) is 184 Å². The number of hydrogen-bond donors (Lipinski definition) is 0. The van der Waals surface area contributed by atoms with Gasteiger partial charge >= 0.3 is 0 Å². The van der Waals surface area contributed by atoms with Crippen molar-refractivity contribution in [2.75, 3.05) is 4.90 Å². The maximum absolute atomic E-state index is 6.44. The summed E-state index contributed by atoms with van der Waals surface area (Å²) in [6.45, 7) is 4.76. The second-order valence-electron chi connectivity index (χ2n) is 18.0. The predicted molar refractivity (Wildman–Crippen MR) is 266 cm³/mol. The molecule has 0 N–H and O–H groups in total. The Balaban J connectivity index is 0.931. The summed E-state index contributed by atoms with van der Waals surface area (Å²) in [6.07, 6.45) is 0. The molecule has 0 saturated heterocycles. The number of nitrogens with zero attached hydrogens (tertiary/aromatic N) is 1. The minimum atomic E-state index is -0.450. The molecular weight excluding hydrogens is 775 g/mol. The lowest BCUT2D eigenvalue weighted by Gasteiger charge is -2.36. The Kier molecular flexibility index (Phi) is 7.90. The lowest BCUT2D eigenvalue weighted by atomic mass is 9.65. The van der Waals surface area contributed by atoms with Gasteiger partial charge in [0.2, 0.25) is 0 Å².